The number of ketones is 2. The lowest BCUT2D eigenvalue weighted by Crippen LogP contribution is -2.45. The summed E-state index contributed by atoms with van der Waals surface area (Å²) in [6.45, 7) is 0. The molecule has 0 radical (unpaired) electrons. The first-order chi connectivity index (χ1) is 8.61. The molecule has 2 saturated carbocycles. The summed E-state index contributed by atoms with van der Waals surface area (Å²) in [5.41, 5.74) is -1.03. The molecule has 0 N–H and O–H groups in total. The molecule has 0 heterocycles. The Morgan fingerprint density at radius 3 is 2.67 bits per heavy atom. The minimum absolute atomic E-state index is 0.00782. The minimum Gasteiger partial charge on any atom is -0.468 e. The Labute approximate surface area is 107 Å². The van der Waals surface area contributed by atoms with E-state index in [2.05, 4.69) is 0 Å². The van der Waals surface area contributed by atoms with Gasteiger partial charge in [-0.3, -0.25) is 14.4 Å². The molecule has 2 fully saturated rings. The van der Waals surface area contributed by atoms with E-state index in [0.29, 0.717) is 32.1 Å². The number of rotatable bonds is 1. The van der Waals surface area contributed by atoms with E-state index in [4.69, 9.17) is 4.74 Å². The Balaban J connectivity index is 2.41. The smallest absolute Gasteiger partial charge is 0.319 e. The normalized spacial score (nSPS) is 33.3. The van der Waals surface area contributed by atoms with Gasteiger partial charge in [-0.05, 0) is 31.6 Å². The highest BCUT2D eigenvalue weighted by molar-refractivity contribution is 6.05. The highest BCUT2D eigenvalue weighted by Crippen LogP contribution is 2.46. The first-order valence-electron chi connectivity index (χ1n) is 6.74. The van der Waals surface area contributed by atoms with Crippen LogP contribution in [0.5, 0.6) is 0 Å². The van der Waals surface area contributed by atoms with E-state index >= 15 is 0 Å². The van der Waals surface area contributed by atoms with Gasteiger partial charge in [-0.15, -0.1) is 0 Å². The lowest BCUT2D eigenvalue weighted by molar-refractivity contribution is -0.162. The van der Waals surface area contributed by atoms with Crippen LogP contribution < -0.4 is 0 Å². The zero-order valence-corrected chi connectivity index (χ0v) is 10.9. The molecule has 2 unspecified atom stereocenters. The van der Waals surface area contributed by atoms with Crippen molar-refractivity contribution in [2.24, 2.45) is 11.3 Å². The molecule has 100 valence electrons. The summed E-state index contributed by atoms with van der Waals surface area (Å²) in [5.74, 6) is -0.272. The largest absolute Gasteiger partial charge is 0.468 e. The van der Waals surface area contributed by atoms with Gasteiger partial charge in [0.25, 0.3) is 0 Å². The first kappa shape index (κ1) is 13.2. The topological polar surface area (TPSA) is 60.4 Å². The number of Topliss-reactive ketones (excluding diaryl/α,β-unsaturated/α-hetero) is 2. The van der Waals surface area contributed by atoms with Gasteiger partial charge in [-0.1, -0.05) is 6.42 Å². The number of hydrogen-bond donors (Lipinski definition) is 0. The molecule has 0 aromatic rings. The molecule has 4 nitrogen and oxygen atoms in total. The Morgan fingerprint density at radius 2 is 1.94 bits per heavy atom. The zero-order chi connectivity index (χ0) is 13.2. The van der Waals surface area contributed by atoms with Crippen molar-refractivity contribution in [1.29, 1.82) is 0 Å². The Hall–Kier alpha value is -1.19. The van der Waals surface area contributed by atoms with Gasteiger partial charge in [0.05, 0.1) is 7.11 Å². The van der Waals surface area contributed by atoms with Crippen molar-refractivity contribution in [2.75, 3.05) is 7.11 Å². The Bertz CT molecular complexity index is 374. The van der Waals surface area contributed by atoms with E-state index < -0.39 is 11.4 Å². The fourth-order valence-corrected chi connectivity index (χ4v) is 3.47. The van der Waals surface area contributed by atoms with E-state index in [9.17, 15) is 14.4 Å². The second-order valence-corrected chi connectivity index (χ2v) is 5.41. The third kappa shape index (κ3) is 2.08. The molecule has 0 bridgehead atoms. The molecule has 4 heteroatoms. The van der Waals surface area contributed by atoms with E-state index in [0.717, 1.165) is 19.3 Å². The molecule has 0 saturated heterocycles. The van der Waals surface area contributed by atoms with Gasteiger partial charge >= 0.3 is 5.97 Å². The van der Waals surface area contributed by atoms with E-state index in [1.807, 2.05) is 0 Å². The molecule has 2 aliphatic rings. The summed E-state index contributed by atoms with van der Waals surface area (Å²) >= 11 is 0. The van der Waals surface area contributed by atoms with Crippen molar-refractivity contribution in [3.63, 3.8) is 0 Å². The quantitative estimate of drug-likeness (QED) is 0.529. The zero-order valence-electron chi connectivity index (χ0n) is 10.9. The maximum absolute atomic E-state index is 12.4. The summed E-state index contributed by atoms with van der Waals surface area (Å²) in [6.07, 6.45) is 4.94. The van der Waals surface area contributed by atoms with Crippen molar-refractivity contribution in [2.45, 2.75) is 51.4 Å². The van der Waals surface area contributed by atoms with Gasteiger partial charge in [0, 0.05) is 19.3 Å². The number of ether oxygens (including phenoxy) is 1. The predicted molar refractivity (Wildman–Crippen MR) is 64.9 cm³/mol. The SMILES string of the molecule is COC(=O)C12CCC(=O)CCC1CCCCC2=O. The molecule has 0 spiro atoms. The van der Waals surface area contributed by atoms with Crippen LogP contribution in [0, 0.1) is 11.3 Å². The molecule has 0 aromatic heterocycles. The van der Waals surface area contributed by atoms with Crippen molar-refractivity contribution in [3.8, 4) is 0 Å². The summed E-state index contributed by atoms with van der Waals surface area (Å²) in [6, 6.07) is 0. The van der Waals surface area contributed by atoms with Crippen LogP contribution in [-0.4, -0.2) is 24.6 Å². The van der Waals surface area contributed by atoms with Gasteiger partial charge in [0.1, 0.15) is 17.0 Å². The molecule has 0 aliphatic heterocycles. The number of hydrogen-bond acceptors (Lipinski definition) is 4. The number of carbonyl (C=O) groups is 3. The second-order valence-electron chi connectivity index (χ2n) is 5.41. The van der Waals surface area contributed by atoms with Crippen molar-refractivity contribution in [3.05, 3.63) is 0 Å². The third-order valence-corrected chi connectivity index (χ3v) is 4.52. The van der Waals surface area contributed by atoms with Crippen LogP contribution in [0.2, 0.25) is 0 Å². The molecule has 0 aromatic carbocycles. The lowest BCUT2D eigenvalue weighted by Gasteiger charge is -2.34. The predicted octanol–water partition coefficient (Wildman–Crippen LogP) is 2.05. The average molecular weight is 252 g/mol. The van der Waals surface area contributed by atoms with Crippen LogP contribution in [0.3, 0.4) is 0 Å². The standard InChI is InChI=1S/C14H20O4/c1-18-13(17)14-9-8-11(15)7-6-10(14)4-2-3-5-12(14)16/h10H,2-9H2,1H3. The lowest BCUT2D eigenvalue weighted by atomic mass is 9.68. The van der Waals surface area contributed by atoms with Crippen LogP contribution in [0.1, 0.15) is 51.4 Å². The summed E-state index contributed by atoms with van der Waals surface area (Å²) in [4.78, 5) is 36.2. The van der Waals surface area contributed by atoms with Gasteiger partial charge in [-0.2, -0.15) is 0 Å². The molecule has 0 amide bonds. The molecule has 2 aliphatic carbocycles. The molecular formula is C14H20O4. The second kappa shape index (κ2) is 5.21. The maximum atomic E-state index is 12.4. The van der Waals surface area contributed by atoms with Crippen molar-refractivity contribution >= 4 is 17.5 Å². The van der Waals surface area contributed by atoms with E-state index in [1.165, 1.54) is 7.11 Å². The van der Waals surface area contributed by atoms with Crippen LogP contribution in [0.25, 0.3) is 0 Å². The van der Waals surface area contributed by atoms with Gasteiger partial charge in [-0.25, -0.2) is 0 Å². The highest BCUT2D eigenvalue weighted by atomic mass is 16.5. The summed E-state index contributed by atoms with van der Waals surface area (Å²) in [5, 5.41) is 0. The fourth-order valence-electron chi connectivity index (χ4n) is 3.47. The summed E-state index contributed by atoms with van der Waals surface area (Å²) < 4.78 is 4.90. The number of carbonyl (C=O) groups excluding carboxylic acids is 3. The Morgan fingerprint density at radius 1 is 1.17 bits per heavy atom. The van der Waals surface area contributed by atoms with Crippen molar-refractivity contribution in [1.82, 2.24) is 0 Å². The maximum Gasteiger partial charge on any atom is 0.319 e. The first-order valence-corrected chi connectivity index (χ1v) is 6.74. The van der Waals surface area contributed by atoms with Crippen LogP contribution in [-0.2, 0) is 19.1 Å². The molecule has 2 rings (SSSR count). The Kier molecular flexibility index (Phi) is 3.83. The van der Waals surface area contributed by atoms with E-state index in [-0.39, 0.29) is 17.5 Å². The molecule has 2 atom stereocenters. The monoisotopic (exact) mass is 252 g/mol. The van der Waals surface area contributed by atoms with Crippen LogP contribution in [0.15, 0.2) is 0 Å². The molecular weight excluding hydrogens is 232 g/mol. The van der Waals surface area contributed by atoms with Crippen LogP contribution in [0.4, 0.5) is 0 Å². The fraction of sp³-hybridized carbons (Fsp3) is 0.786. The van der Waals surface area contributed by atoms with Gasteiger partial charge in [0.2, 0.25) is 0 Å². The van der Waals surface area contributed by atoms with Crippen LogP contribution >= 0.6 is 0 Å². The number of fused-ring (bicyclic) bond motifs is 1. The summed E-state index contributed by atoms with van der Waals surface area (Å²) in [7, 11) is 1.33. The van der Waals surface area contributed by atoms with Gasteiger partial charge in [0.15, 0.2) is 0 Å². The highest BCUT2D eigenvalue weighted by Gasteiger charge is 2.53. The average Bonchev–Trinajstić information content (AvgIpc) is 2.63. The van der Waals surface area contributed by atoms with Gasteiger partial charge < -0.3 is 4.74 Å². The van der Waals surface area contributed by atoms with Crippen molar-refractivity contribution < 1.29 is 19.1 Å². The number of esters is 1. The molecule has 18 heavy (non-hydrogen) atoms. The van der Waals surface area contributed by atoms with E-state index in [1.54, 1.807) is 0 Å². The third-order valence-electron chi connectivity index (χ3n) is 4.52. The minimum atomic E-state index is -1.03. The number of methoxy groups -OCH3 is 1.